The van der Waals surface area contributed by atoms with Gasteiger partial charge in [-0.05, 0) is 47.9 Å². The van der Waals surface area contributed by atoms with E-state index >= 15 is 0 Å². The highest BCUT2D eigenvalue weighted by molar-refractivity contribution is 6.09. The molecule has 0 aliphatic carbocycles. The number of likely N-dealkylation sites (tertiary alicyclic amines) is 1. The minimum absolute atomic E-state index is 0.0521. The Morgan fingerprint density at radius 1 is 1.07 bits per heavy atom. The maximum atomic E-state index is 13.5. The third kappa shape index (κ3) is 3.42. The van der Waals surface area contributed by atoms with E-state index in [9.17, 15) is 4.79 Å². The van der Waals surface area contributed by atoms with Crippen LogP contribution in [0.3, 0.4) is 0 Å². The average molecular weight is 375 g/mol. The van der Waals surface area contributed by atoms with Gasteiger partial charge in [0.15, 0.2) is 0 Å². The monoisotopic (exact) mass is 375 g/mol. The highest BCUT2D eigenvalue weighted by Crippen LogP contribution is 2.33. The number of ether oxygens (including phenoxy) is 2. The maximum Gasteiger partial charge on any atom is 0.258 e. The van der Waals surface area contributed by atoms with Gasteiger partial charge in [0.1, 0.15) is 11.5 Å². The van der Waals surface area contributed by atoms with Gasteiger partial charge in [0.05, 0.1) is 19.3 Å². The number of hydrogen-bond acceptors (Lipinski definition) is 3. The van der Waals surface area contributed by atoms with Gasteiger partial charge in [-0.25, -0.2) is 0 Å². The van der Waals surface area contributed by atoms with Gasteiger partial charge >= 0.3 is 0 Å². The van der Waals surface area contributed by atoms with Gasteiger partial charge in [-0.15, -0.1) is 0 Å². The normalized spacial score (nSPS) is 16.4. The molecule has 1 aliphatic heterocycles. The molecule has 28 heavy (non-hydrogen) atoms. The van der Waals surface area contributed by atoms with E-state index in [0.717, 1.165) is 36.0 Å². The molecular formula is C24H25NO3. The molecule has 1 saturated heterocycles. The van der Waals surface area contributed by atoms with Crippen LogP contribution in [0.1, 0.15) is 35.2 Å². The van der Waals surface area contributed by atoms with Crippen molar-refractivity contribution in [2.24, 2.45) is 0 Å². The molecule has 4 rings (SSSR count). The summed E-state index contributed by atoms with van der Waals surface area (Å²) in [6, 6.07) is 20.1. The predicted octanol–water partition coefficient (Wildman–Crippen LogP) is 4.88. The van der Waals surface area contributed by atoms with Crippen molar-refractivity contribution in [3.63, 3.8) is 0 Å². The lowest BCUT2D eigenvalue weighted by Gasteiger charge is -2.20. The number of methoxy groups -OCH3 is 1. The molecule has 0 bridgehead atoms. The van der Waals surface area contributed by atoms with E-state index in [2.05, 4.69) is 12.1 Å². The van der Waals surface area contributed by atoms with Gasteiger partial charge in [-0.3, -0.25) is 4.79 Å². The van der Waals surface area contributed by atoms with Crippen molar-refractivity contribution < 1.29 is 14.3 Å². The zero-order chi connectivity index (χ0) is 19.5. The van der Waals surface area contributed by atoms with Crippen LogP contribution in [-0.4, -0.2) is 37.6 Å². The van der Waals surface area contributed by atoms with Crippen LogP contribution in [0.25, 0.3) is 10.8 Å². The van der Waals surface area contributed by atoms with Crippen molar-refractivity contribution in [1.82, 2.24) is 4.90 Å². The van der Waals surface area contributed by atoms with Gasteiger partial charge in [-0.1, -0.05) is 42.5 Å². The molecule has 0 N–H and O–H groups in total. The zero-order valence-electron chi connectivity index (χ0n) is 16.4. The van der Waals surface area contributed by atoms with Gasteiger partial charge in [0.25, 0.3) is 5.91 Å². The third-order valence-corrected chi connectivity index (χ3v) is 5.47. The first kappa shape index (κ1) is 18.4. The summed E-state index contributed by atoms with van der Waals surface area (Å²) in [6.45, 7) is 3.95. The Kier molecular flexibility index (Phi) is 5.20. The fourth-order valence-corrected chi connectivity index (χ4v) is 4.00. The Balaban J connectivity index is 1.62. The van der Waals surface area contributed by atoms with Crippen LogP contribution in [0.2, 0.25) is 0 Å². The van der Waals surface area contributed by atoms with E-state index in [1.54, 1.807) is 7.11 Å². The number of fused-ring (bicyclic) bond motifs is 1. The smallest absolute Gasteiger partial charge is 0.258 e. The highest BCUT2D eigenvalue weighted by atomic mass is 16.5. The van der Waals surface area contributed by atoms with Crippen molar-refractivity contribution in [3.05, 3.63) is 71.8 Å². The minimum Gasteiger partial charge on any atom is -0.497 e. The van der Waals surface area contributed by atoms with Crippen molar-refractivity contribution in [2.45, 2.75) is 19.3 Å². The molecule has 1 unspecified atom stereocenters. The fourth-order valence-electron chi connectivity index (χ4n) is 4.00. The number of carbonyl (C=O) groups is 1. The lowest BCUT2D eigenvalue weighted by molar-refractivity contribution is 0.0788. The number of hydrogen-bond donors (Lipinski definition) is 0. The minimum atomic E-state index is 0.0521. The Morgan fingerprint density at radius 2 is 1.86 bits per heavy atom. The first-order valence-electron chi connectivity index (χ1n) is 9.79. The van der Waals surface area contributed by atoms with E-state index in [1.165, 1.54) is 5.56 Å². The molecule has 144 valence electrons. The Bertz CT molecular complexity index is 981. The van der Waals surface area contributed by atoms with E-state index < -0.39 is 0 Å². The first-order valence-corrected chi connectivity index (χ1v) is 9.79. The van der Waals surface area contributed by atoms with E-state index in [0.29, 0.717) is 23.8 Å². The van der Waals surface area contributed by atoms with E-state index in [4.69, 9.17) is 9.47 Å². The fraction of sp³-hybridized carbons (Fsp3) is 0.292. The molecule has 3 aromatic carbocycles. The second kappa shape index (κ2) is 7.93. The molecule has 1 amide bonds. The molecular weight excluding hydrogens is 350 g/mol. The molecule has 1 atom stereocenters. The van der Waals surface area contributed by atoms with Gasteiger partial charge in [0, 0.05) is 19.0 Å². The quantitative estimate of drug-likeness (QED) is 0.638. The molecule has 0 spiro atoms. The second-order valence-corrected chi connectivity index (χ2v) is 7.10. The molecule has 0 aromatic heterocycles. The Morgan fingerprint density at radius 3 is 2.61 bits per heavy atom. The van der Waals surface area contributed by atoms with Crippen molar-refractivity contribution in [2.75, 3.05) is 26.8 Å². The number of nitrogens with zero attached hydrogens (tertiary/aromatic N) is 1. The van der Waals surface area contributed by atoms with Gasteiger partial charge in [-0.2, -0.15) is 0 Å². The summed E-state index contributed by atoms with van der Waals surface area (Å²) in [5.41, 5.74) is 1.93. The summed E-state index contributed by atoms with van der Waals surface area (Å²) in [5.74, 6) is 1.92. The summed E-state index contributed by atoms with van der Waals surface area (Å²) in [5, 5.41) is 2.01. The van der Waals surface area contributed by atoms with Crippen LogP contribution in [-0.2, 0) is 0 Å². The SMILES string of the molecule is CCOc1ccc2ccccc2c1C(=O)N1CCC(c2ccc(OC)cc2)C1. The molecule has 1 aliphatic rings. The van der Waals surface area contributed by atoms with Crippen molar-refractivity contribution in [1.29, 1.82) is 0 Å². The molecule has 0 saturated carbocycles. The van der Waals surface area contributed by atoms with E-state index in [-0.39, 0.29) is 5.91 Å². The van der Waals surface area contributed by atoms with Crippen LogP contribution < -0.4 is 9.47 Å². The number of amides is 1. The molecule has 4 nitrogen and oxygen atoms in total. The second-order valence-electron chi connectivity index (χ2n) is 7.10. The third-order valence-electron chi connectivity index (χ3n) is 5.47. The van der Waals surface area contributed by atoms with Crippen LogP contribution in [0.4, 0.5) is 0 Å². The Labute approximate surface area is 165 Å². The molecule has 3 aromatic rings. The van der Waals surface area contributed by atoms with Crippen LogP contribution >= 0.6 is 0 Å². The molecule has 1 heterocycles. The summed E-state index contributed by atoms with van der Waals surface area (Å²) >= 11 is 0. The number of benzene rings is 3. The maximum absolute atomic E-state index is 13.5. The van der Waals surface area contributed by atoms with Crippen molar-refractivity contribution >= 4 is 16.7 Å². The molecule has 0 radical (unpaired) electrons. The first-order chi connectivity index (χ1) is 13.7. The lowest BCUT2D eigenvalue weighted by Crippen LogP contribution is -2.29. The summed E-state index contributed by atoms with van der Waals surface area (Å²) < 4.78 is 11.0. The zero-order valence-corrected chi connectivity index (χ0v) is 16.4. The summed E-state index contributed by atoms with van der Waals surface area (Å²) in [6.07, 6.45) is 0.965. The summed E-state index contributed by atoms with van der Waals surface area (Å²) in [7, 11) is 1.67. The van der Waals surface area contributed by atoms with Crippen LogP contribution in [0.15, 0.2) is 60.7 Å². The van der Waals surface area contributed by atoms with Crippen LogP contribution in [0.5, 0.6) is 11.5 Å². The van der Waals surface area contributed by atoms with Gasteiger partial charge < -0.3 is 14.4 Å². The molecule has 4 heteroatoms. The average Bonchev–Trinajstić information content (AvgIpc) is 3.24. The van der Waals surface area contributed by atoms with Crippen LogP contribution in [0, 0.1) is 0 Å². The highest BCUT2D eigenvalue weighted by Gasteiger charge is 2.30. The number of carbonyl (C=O) groups excluding carboxylic acids is 1. The van der Waals surface area contributed by atoms with Gasteiger partial charge in [0.2, 0.25) is 0 Å². The standard InChI is InChI=1S/C24H25NO3/c1-3-28-22-13-10-18-6-4-5-7-21(18)23(22)24(26)25-15-14-19(16-25)17-8-11-20(27-2)12-9-17/h4-13,19H,3,14-16H2,1-2H3. The summed E-state index contributed by atoms with van der Waals surface area (Å²) in [4.78, 5) is 15.4. The lowest BCUT2D eigenvalue weighted by atomic mass is 9.98. The number of rotatable bonds is 5. The Hall–Kier alpha value is -3.01. The molecule has 1 fully saturated rings. The van der Waals surface area contributed by atoms with E-state index in [1.807, 2.05) is 60.4 Å². The van der Waals surface area contributed by atoms with Crippen molar-refractivity contribution in [3.8, 4) is 11.5 Å². The predicted molar refractivity (Wildman–Crippen MR) is 111 cm³/mol. The topological polar surface area (TPSA) is 38.8 Å². The largest absolute Gasteiger partial charge is 0.497 e.